The molecular weight excluding hydrogens is 410 g/mol. The van der Waals surface area contributed by atoms with E-state index in [-0.39, 0.29) is 12.7 Å². The van der Waals surface area contributed by atoms with E-state index in [1.54, 1.807) is 37.4 Å². The van der Waals surface area contributed by atoms with Crippen molar-refractivity contribution in [3.8, 4) is 11.5 Å². The monoisotopic (exact) mass is 435 g/mol. The molecule has 7 nitrogen and oxygen atoms in total. The van der Waals surface area contributed by atoms with Gasteiger partial charge in [0.2, 0.25) is 6.79 Å². The molecule has 0 saturated heterocycles. The van der Waals surface area contributed by atoms with Crippen molar-refractivity contribution in [2.75, 3.05) is 13.8 Å². The molecule has 0 amide bonds. The Bertz CT molecular complexity index is 1180. The van der Waals surface area contributed by atoms with Gasteiger partial charge in [-0.25, -0.2) is 9.59 Å². The number of carbonyl (C=O) groups is 1. The van der Waals surface area contributed by atoms with E-state index in [4.69, 9.17) is 18.7 Å². The number of hydrogen-bond donors (Lipinski definition) is 0. The van der Waals surface area contributed by atoms with Gasteiger partial charge in [-0.2, -0.15) is 0 Å². The van der Waals surface area contributed by atoms with Crippen LogP contribution in [0.3, 0.4) is 0 Å². The third kappa shape index (κ3) is 3.96. The molecule has 1 unspecified atom stereocenters. The highest BCUT2D eigenvalue weighted by atomic mass is 16.7. The molecule has 5 rings (SSSR count). The Balaban J connectivity index is 1.52. The summed E-state index contributed by atoms with van der Waals surface area (Å²) in [6, 6.07) is 13.8. The molecule has 1 aliphatic heterocycles. The molecule has 7 heteroatoms. The van der Waals surface area contributed by atoms with Gasteiger partial charge in [-0.15, -0.1) is 5.06 Å². The molecule has 1 atom stereocenters. The minimum atomic E-state index is -0.456. The smallest absolute Gasteiger partial charge is 0.357 e. The minimum Gasteiger partial charge on any atom is -0.454 e. The summed E-state index contributed by atoms with van der Waals surface area (Å²) in [4.78, 5) is 31.5. The fourth-order valence-electron chi connectivity index (χ4n) is 4.74. The van der Waals surface area contributed by atoms with Gasteiger partial charge >= 0.3 is 11.6 Å². The highest BCUT2D eigenvalue weighted by Crippen LogP contribution is 2.40. The van der Waals surface area contributed by atoms with Crippen LogP contribution in [-0.2, 0) is 4.84 Å². The number of hydroxylamine groups is 2. The van der Waals surface area contributed by atoms with Crippen molar-refractivity contribution in [1.29, 1.82) is 0 Å². The van der Waals surface area contributed by atoms with Crippen molar-refractivity contribution in [3.63, 3.8) is 0 Å². The van der Waals surface area contributed by atoms with Crippen LogP contribution in [-0.4, -0.2) is 24.9 Å². The van der Waals surface area contributed by atoms with Gasteiger partial charge < -0.3 is 18.7 Å². The summed E-state index contributed by atoms with van der Waals surface area (Å²) >= 11 is 0. The first-order chi connectivity index (χ1) is 15.6. The molecule has 1 aromatic heterocycles. The van der Waals surface area contributed by atoms with Crippen LogP contribution in [0.5, 0.6) is 11.5 Å². The Morgan fingerprint density at radius 2 is 1.75 bits per heavy atom. The molecule has 32 heavy (non-hydrogen) atoms. The van der Waals surface area contributed by atoms with Crippen molar-refractivity contribution >= 4 is 16.9 Å². The highest BCUT2D eigenvalue weighted by molar-refractivity contribution is 5.89. The van der Waals surface area contributed by atoms with E-state index < -0.39 is 17.6 Å². The number of benzene rings is 2. The first-order valence-electron chi connectivity index (χ1n) is 11.0. The van der Waals surface area contributed by atoms with Crippen LogP contribution in [0.2, 0.25) is 0 Å². The normalized spacial score (nSPS) is 16.9. The van der Waals surface area contributed by atoms with E-state index in [2.05, 4.69) is 0 Å². The van der Waals surface area contributed by atoms with Crippen LogP contribution in [0, 0.1) is 5.92 Å². The zero-order valence-electron chi connectivity index (χ0n) is 17.9. The lowest BCUT2D eigenvalue weighted by Gasteiger charge is -2.35. The molecular formula is C25H25NO6. The molecule has 0 N–H and O–H groups in total. The van der Waals surface area contributed by atoms with Crippen molar-refractivity contribution in [2.24, 2.45) is 5.92 Å². The largest absolute Gasteiger partial charge is 0.454 e. The Labute approximate surface area is 185 Å². The van der Waals surface area contributed by atoms with Crippen LogP contribution in [0.4, 0.5) is 0 Å². The average molecular weight is 435 g/mol. The second-order valence-electron chi connectivity index (χ2n) is 8.37. The molecule has 2 aliphatic rings. The summed E-state index contributed by atoms with van der Waals surface area (Å²) in [6.07, 6.45) is 5.25. The second-order valence-corrected chi connectivity index (χ2v) is 8.37. The molecule has 3 aromatic rings. The highest BCUT2D eigenvalue weighted by Gasteiger charge is 2.34. The van der Waals surface area contributed by atoms with Crippen molar-refractivity contribution in [3.05, 3.63) is 70.1 Å². The van der Waals surface area contributed by atoms with Crippen molar-refractivity contribution < 1.29 is 23.5 Å². The Kier molecular flexibility index (Phi) is 5.57. The SMILES string of the molecule is CN(OC(=O)c1ccccc1)C(c1cc2cc3c(cc2oc1=O)OCO3)C1CCCCC1. The van der Waals surface area contributed by atoms with E-state index in [1.165, 1.54) is 11.5 Å². The lowest BCUT2D eigenvalue weighted by molar-refractivity contribution is -0.137. The summed E-state index contributed by atoms with van der Waals surface area (Å²) in [5.41, 5.74) is 0.940. The zero-order valence-corrected chi connectivity index (χ0v) is 17.9. The predicted octanol–water partition coefficient (Wildman–Crippen LogP) is 4.85. The van der Waals surface area contributed by atoms with Gasteiger partial charge in [-0.1, -0.05) is 37.5 Å². The van der Waals surface area contributed by atoms with Gasteiger partial charge in [0.25, 0.3) is 0 Å². The van der Waals surface area contributed by atoms with Crippen LogP contribution < -0.4 is 15.1 Å². The molecule has 2 aromatic carbocycles. The zero-order chi connectivity index (χ0) is 22.1. The van der Waals surface area contributed by atoms with Gasteiger partial charge in [-0.3, -0.25) is 0 Å². The van der Waals surface area contributed by atoms with Crippen LogP contribution in [0.15, 0.2) is 57.7 Å². The van der Waals surface area contributed by atoms with E-state index in [0.29, 0.717) is 28.2 Å². The lowest BCUT2D eigenvalue weighted by atomic mass is 9.81. The number of fused-ring (bicyclic) bond motifs is 2. The molecule has 0 bridgehead atoms. The maximum Gasteiger partial charge on any atom is 0.357 e. The van der Waals surface area contributed by atoms with Gasteiger partial charge in [0.15, 0.2) is 11.5 Å². The molecule has 1 aliphatic carbocycles. The van der Waals surface area contributed by atoms with Gasteiger partial charge in [0.05, 0.1) is 17.2 Å². The Hall–Kier alpha value is -3.32. The number of rotatable bonds is 5. The van der Waals surface area contributed by atoms with Crippen molar-refractivity contribution in [2.45, 2.75) is 38.1 Å². The predicted molar refractivity (Wildman–Crippen MR) is 118 cm³/mol. The standard InChI is InChI=1S/C25H25NO6/c1-26(32-24(27)17-10-6-3-7-11-17)23(16-8-4-2-5-9-16)19-12-18-13-21-22(30-15-29-21)14-20(18)31-25(19)28/h3,6-7,10-14,16,23H,2,4-5,8-9,15H2,1H3. The van der Waals surface area contributed by atoms with Crippen LogP contribution in [0.25, 0.3) is 11.0 Å². The summed E-state index contributed by atoms with van der Waals surface area (Å²) in [5, 5.41) is 2.27. The summed E-state index contributed by atoms with van der Waals surface area (Å²) < 4.78 is 16.5. The van der Waals surface area contributed by atoms with Gasteiger partial charge in [0, 0.05) is 18.5 Å². The van der Waals surface area contributed by atoms with Crippen LogP contribution >= 0.6 is 0 Å². The van der Waals surface area contributed by atoms with Crippen molar-refractivity contribution in [1.82, 2.24) is 5.06 Å². The molecule has 0 spiro atoms. The summed E-state index contributed by atoms with van der Waals surface area (Å²) in [6.45, 7) is 0.144. The van der Waals surface area contributed by atoms with E-state index in [9.17, 15) is 9.59 Å². The Morgan fingerprint density at radius 3 is 2.50 bits per heavy atom. The summed E-state index contributed by atoms with van der Waals surface area (Å²) in [5.74, 6) is 0.899. The summed E-state index contributed by atoms with van der Waals surface area (Å²) in [7, 11) is 1.71. The average Bonchev–Trinajstić information content (AvgIpc) is 3.26. The molecule has 1 fully saturated rings. The van der Waals surface area contributed by atoms with E-state index in [1.807, 2.05) is 18.2 Å². The number of ether oxygens (including phenoxy) is 2. The maximum atomic E-state index is 13.1. The quantitative estimate of drug-likeness (QED) is 0.419. The first-order valence-corrected chi connectivity index (χ1v) is 11.0. The number of nitrogens with zero attached hydrogens (tertiary/aromatic N) is 1. The van der Waals surface area contributed by atoms with Gasteiger partial charge in [-0.05, 0) is 43.0 Å². The molecule has 2 heterocycles. The third-order valence-electron chi connectivity index (χ3n) is 6.30. The fraction of sp³-hybridized carbons (Fsp3) is 0.360. The fourth-order valence-corrected chi connectivity index (χ4v) is 4.74. The lowest BCUT2D eigenvalue weighted by Crippen LogP contribution is -2.36. The minimum absolute atomic E-state index is 0.144. The number of hydrogen-bond acceptors (Lipinski definition) is 7. The second kappa shape index (κ2) is 8.67. The molecule has 0 radical (unpaired) electrons. The van der Waals surface area contributed by atoms with E-state index in [0.717, 1.165) is 31.1 Å². The van der Waals surface area contributed by atoms with E-state index >= 15 is 0 Å². The van der Waals surface area contributed by atoms with Crippen LogP contribution in [0.1, 0.15) is 54.1 Å². The van der Waals surface area contributed by atoms with Gasteiger partial charge in [0.1, 0.15) is 5.58 Å². The Morgan fingerprint density at radius 1 is 1.03 bits per heavy atom. The topological polar surface area (TPSA) is 78.2 Å². The third-order valence-corrected chi connectivity index (χ3v) is 6.30. The molecule has 1 saturated carbocycles. The first kappa shape index (κ1) is 20.6. The molecule has 166 valence electrons. The maximum absolute atomic E-state index is 13.1. The number of carbonyl (C=O) groups excluding carboxylic acids is 1.